The van der Waals surface area contributed by atoms with Crippen LogP contribution in [0.2, 0.25) is 0 Å². The smallest absolute Gasteiger partial charge is 0.244 e. The lowest BCUT2D eigenvalue weighted by atomic mass is 10.1. The first kappa shape index (κ1) is 22.2. The fourth-order valence-corrected chi connectivity index (χ4v) is 3.94. The standard InChI is InChI=1S/C26H23N3O3S/c1-33(31,32)24-15-12-20(13-16-24)18-27-25(30)17-14-22-19-29(23-10-6-3-7-11-23)28-26(22)21-8-4-2-5-9-21/h2-17,19H,18H2,1H3,(H,27,30). The van der Waals surface area contributed by atoms with Crippen LogP contribution < -0.4 is 5.32 Å². The molecule has 166 valence electrons. The number of aromatic nitrogens is 2. The third-order valence-electron chi connectivity index (χ3n) is 5.04. The number of carbonyl (C=O) groups excluding carboxylic acids is 1. The maximum Gasteiger partial charge on any atom is 0.244 e. The number of rotatable bonds is 7. The Kier molecular flexibility index (Phi) is 6.51. The van der Waals surface area contributed by atoms with Crippen molar-refractivity contribution in [3.05, 3.63) is 108 Å². The average Bonchev–Trinajstić information content (AvgIpc) is 3.26. The molecule has 3 aromatic carbocycles. The number of sulfone groups is 1. The minimum Gasteiger partial charge on any atom is -0.348 e. The SMILES string of the molecule is CS(=O)(=O)c1ccc(CNC(=O)C=Cc2cn(-c3ccccc3)nc2-c2ccccc2)cc1. The van der Waals surface area contributed by atoms with Crippen LogP contribution in [0.3, 0.4) is 0 Å². The quantitative estimate of drug-likeness (QED) is 0.420. The molecule has 0 spiro atoms. The molecule has 0 bridgehead atoms. The van der Waals surface area contributed by atoms with Crippen LogP contribution >= 0.6 is 0 Å². The van der Waals surface area contributed by atoms with Gasteiger partial charge in [-0.25, -0.2) is 13.1 Å². The first-order chi connectivity index (χ1) is 15.9. The van der Waals surface area contributed by atoms with Gasteiger partial charge in [-0.05, 0) is 35.9 Å². The second-order valence-corrected chi connectivity index (χ2v) is 9.56. The Labute approximate surface area is 193 Å². The lowest BCUT2D eigenvalue weighted by Gasteiger charge is -2.04. The summed E-state index contributed by atoms with van der Waals surface area (Å²) >= 11 is 0. The van der Waals surface area contributed by atoms with E-state index in [1.807, 2.05) is 66.9 Å². The van der Waals surface area contributed by atoms with Gasteiger partial charge >= 0.3 is 0 Å². The monoisotopic (exact) mass is 457 g/mol. The van der Waals surface area contributed by atoms with Gasteiger partial charge in [-0.2, -0.15) is 5.10 Å². The summed E-state index contributed by atoms with van der Waals surface area (Å²) < 4.78 is 24.9. The predicted octanol–water partition coefficient (Wildman–Crippen LogP) is 4.27. The van der Waals surface area contributed by atoms with Gasteiger partial charge in [0.15, 0.2) is 9.84 Å². The molecule has 33 heavy (non-hydrogen) atoms. The van der Waals surface area contributed by atoms with E-state index in [1.54, 1.807) is 22.9 Å². The number of nitrogens with one attached hydrogen (secondary N) is 1. The largest absolute Gasteiger partial charge is 0.348 e. The highest BCUT2D eigenvalue weighted by atomic mass is 32.2. The number of hydrogen-bond donors (Lipinski definition) is 1. The van der Waals surface area contributed by atoms with Crippen molar-refractivity contribution in [3.8, 4) is 16.9 Å². The number of para-hydroxylation sites is 1. The molecule has 0 saturated heterocycles. The van der Waals surface area contributed by atoms with Crippen LogP contribution in [0.25, 0.3) is 23.0 Å². The third-order valence-corrected chi connectivity index (χ3v) is 6.17. The summed E-state index contributed by atoms with van der Waals surface area (Å²) in [6.45, 7) is 0.294. The number of nitrogens with zero attached hydrogens (tertiary/aromatic N) is 2. The lowest BCUT2D eigenvalue weighted by molar-refractivity contribution is -0.116. The van der Waals surface area contributed by atoms with Crippen LogP contribution in [0.1, 0.15) is 11.1 Å². The van der Waals surface area contributed by atoms with E-state index in [4.69, 9.17) is 5.10 Å². The van der Waals surface area contributed by atoms with E-state index >= 15 is 0 Å². The number of amides is 1. The van der Waals surface area contributed by atoms with Gasteiger partial charge in [0.1, 0.15) is 0 Å². The second-order valence-electron chi connectivity index (χ2n) is 7.55. The maximum atomic E-state index is 12.4. The van der Waals surface area contributed by atoms with Gasteiger partial charge in [0, 0.05) is 36.2 Å². The molecule has 1 amide bonds. The molecule has 4 aromatic rings. The van der Waals surface area contributed by atoms with E-state index < -0.39 is 9.84 Å². The minimum atomic E-state index is -3.24. The molecule has 1 aromatic heterocycles. The molecule has 6 nitrogen and oxygen atoms in total. The Morgan fingerprint density at radius 3 is 2.21 bits per heavy atom. The molecule has 0 atom stereocenters. The summed E-state index contributed by atoms with van der Waals surface area (Å²) in [5.41, 5.74) is 4.29. The zero-order valence-electron chi connectivity index (χ0n) is 18.0. The molecule has 0 aliphatic rings. The van der Waals surface area contributed by atoms with Crippen molar-refractivity contribution >= 4 is 21.8 Å². The first-order valence-corrected chi connectivity index (χ1v) is 12.2. The number of hydrogen-bond acceptors (Lipinski definition) is 4. The average molecular weight is 458 g/mol. The molecular weight excluding hydrogens is 434 g/mol. The van der Waals surface area contributed by atoms with E-state index in [0.717, 1.165) is 34.3 Å². The van der Waals surface area contributed by atoms with E-state index in [2.05, 4.69) is 5.32 Å². The highest BCUT2D eigenvalue weighted by Crippen LogP contribution is 2.24. The molecule has 0 radical (unpaired) electrons. The highest BCUT2D eigenvalue weighted by Gasteiger charge is 2.11. The number of benzene rings is 3. The van der Waals surface area contributed by atoms with E-state index in [-0.39, 0.29) is 10.8 Å². The van der Waals surface area contributed by atoms with Gasteiger partial charge in [-0.3, -0.25) is 4.79 Å². The molecule has 0 aliphatic heterocycles. The van der Waals surface area contributed by atoms with Gasteiger partial charge in [-0.1, -0.05) is 60.7 Å². The summed E-state index contributed by atoms with van der Waals surface area (Å²) in [4.78, 5) is 12.7. The molecular formula is C26H23N3O3S. The molecule has 1 heterocycles. The lowest BCUT2D eigenvalue weighted by Crippen LogP contribution is -2.20. The summed E-state index contributed by atoms with van der Waals surface area (Å²) in [6.07, 6.45) is 6.28. The molecule has 0 fully saturated rings. The zero-order valence-corrected chi connectivity index (χ0v) is 18.9. The van der Waals surface area contributed by atoms with Crippen molar-refractivity contribution in [3.63, 3.8) is 0 Å². The van der Waals surface area contributed by atoms with Gasteiger partial charge in [-0.15, -0.1) is 0 Å². The molecule has 4 rings (SSSR count). The second kappa shape index (κ2) is 9.67. The number of carbonyl (C=O) groups is 1. The zero-order chi connectivity index (χ0) is 23.3. The normalized spacial score (nSPS) is 11.5. The van der Waals surface area contributed by atoms with Crippen LogP contribution in [-0.4, -0.2) is 30.4 Å². The molecule has 7 heteroatoms. The fraction of sp³-hybridized carbons (Fsp3) is 0.0769. The molecule has 0 unspecified atom stereocenters. The fourth-order valence-electron chi connectivity index (χ4n) is 3.31. The molecule has 0 aliphatic carbocycles. The Bertz CT molecular complexity index is 1380. The van der Waals surface area contributed by atoms with Crippen molar-refractivity contribution in [1.82, 2.24) is 15.1 Å². The third kappa shape index (κ3) is 5.64. The van der Waals surface area contributed by atoms with E-state index in [9.17, 15) is 13.2 Å². The summed E-state index contributed by atoms with van der Waals surface area (Å²) in [6, 6.07) is 26.1. The Morgan fingerprint density at radius 1 is 0.939 bits per heavy atom. The summed E-state index contributed by atoms with van der Waals surface area (Å²) in [5.74, 6) is -0.256. The minimum absolute atomic E-state index is 0.251. The summed E-state index contributed by atoms with van der Waals surface area (Å²) in [7, 11) is -3.24. The van der Waals surface area contributed by atoms with Crippen LogP contribution in [-0.2, 0) is 21.2 Å². The summed E-state index contributed by atoms with van der Waals surface area (Å²) in [5, 5.41) is 7.56. The van der Waals surface area contributed by atoms with Crippen molar-refractivity contribution in [2.24, 2.45) is 0 Å². The van der Waals surface area contributed by atoms with Gasteiger partial charge in [0.2, 0.25) is 5.91 Å². The maximum absolute atomic E-state index is 12.4. The van der Waals surface area contributed by atoms with E-state index in [1.165, 1.54) is 18.2 Å². The van der Waals surface area contributed by atoms with E-state index in [0.29, 0.717) is 6.54 Å². The van der Waals surface area contributed by atoms with Crippen molar-refractivity contribution in [1.29, 1.82) is 0 Å². The van der Waals surface area contributed by atoms with Crippen molar-refractivity contribution < 1.29 is 13.2 Å². The van der Waals surface area contributed by atoms with Gasteiger partial charge < -0.3 is 5.32 Å². The highest BCUT2D eigenvalue weighted by molar-refractivity contribution is 7.90. The van der Waals surface area contributed by atoms with Gasteiger partial charge in [0.05, 0.1) is 16.3 Å². The van der Waals surface area contributed by atoms with Crippen molar-refractivity contribution in [2.75, 3.05) is 6.26 Å². The van der Waals surface area contributed by atoms with Crippen LogP contribution in [0.5, 0.6) is 0 Å². The topological polar surface area (TPSA) is 81.1 Å². The first-order valence-electron chi connectivity index (χ1n) is 10.4. The molecule has 0 saturated carbocycles. The van der Waals surface area contributed by atoms with Crippen LogP contribution in [0.15, 0.2) is 102 Å². The Balaban J connectivity index is 1.51. The predicted molar refractivity (Wildman–Crippen MR) is 129 cm³/mol. The van der Waals surface area contributed by atoms with Crippen LogP contribution in [0.4, 0.5) is 0 Å². The molecule has 1 N–H and O–H groups in total. The van der Waals surface area contributed by atoms with Crippen LogP contribution in [0, 0.1) is 0 Å². The Morgan fingerprint density at radius 2 is 1.58 bits per heavy atom. The Hall–Kier alpha value is -3.97. The van der Waals surface area contributed by atoms with Crippen molar-refractivity contribution in [2.45, 2.75) is 11.4 Å². The van der Waals surface area contributed by atoms with Gasteiger partial charge in [0.25, 0.3) is 0 Å².